The first-order chi connectivity index (χ1) is 10.1. The van der Waals surface area contributed by atoms with Crippen molar-refractivity contribution in [3.63, 3.8) is 0 Å². The van der Waals surface area contributed by atoms with Crippen LogP contribution in [0.1, 0.15) is 27.0 Å². The normalized spacial score (nSPS) is 15.0. The van der Waals surface area contributed by atoms with Crippen LogP contribution in [0.2, 0.25) is 0 Å². The average molecular weight is 277 g/mol. The lowest BCUT2D eigenvalue weighted by Gasteiger charge is -2.04. The van der Waals surface area contributed by atoms with Crippen molar-refractivity contribution in [3.8, 4) is 0 Å². The molecule has 3 heteroatoms. The van der Waals surface area contributed by atoms with Crippen LogP contribution in [-0.2, 0) is 4.79 Å². The molecule has 0 saturated heterocycles. The Morgan fingerprint density at radius 2 is 1.81 bits per heavy atom. The van der Waals surface area contributed by atoms with Crippen LogP contribution in [0.3, 0.4) is 0 Å². The molecule has 1 amide bonds. The van der Waals surface area contributed by atoms with Crippen molar-refractivity contribution in [2.24, 2.45) is 0 Å². The molecule has 0 saturated carbocycles. The minimum absolute atomic E-state index is 0.159. The summed E-state index contributed by atoms with van der Waals surface area (Å²) in [6, 6.07) is 12.9. The van der Waals surface area contributed by atoms with Gasteiger partial charge < -0.3 is 5.32 Å². The molecule has 3 rings (SSSR count). The van der Waals surface area contributed by atoms with Crippen molar-refractivity contribution in [1.29, 1.82) is 0 Å². The van der Waals surface area contributed by atoms with Crippen molar-refractivity contribution in [1.82, 2.24) is 0 Å². The maximum atomic E-state index is 12.3. The third-order valence-corrected chi connectivity index (χ3v) is 3.59. The Kier molecular flexibility index (Phi) is 3.18. The van der Waals surface area contributed by atoms with Gasteiger partial charge in [-0.1, -0.05) is 42.0 Å². The number of rotatable bonds is 2. The number of amides is 1. The monoisotopic (exact) mass is 277 g/mol. The highest BCUT2D eigenvalue weighted by molar-refractivity contribution is 6.35. The van der Waals surface area contributed by atoms with E-state index in [1.807, 2.05) is 44.2 Å². The maximum absolute atomic E-state index is 12.3. The molecule has 0 aliphatic carbocycles. The van der Waals surface area contributed by atoms with Crippen LogP contribution >= 0.6 is 0 Å². The van der Waals surface area contributed by atoms with E-state index < -0.39 is 0 Å². The van der Waals surface area contributed by atoms with E-state index in [4.69, 9.17) is 0 Å². The third kappa shape index (κ3) is 2.38. The van der Waals surface area contributed by atoms with Gasteiger partial charge >= 0.3 is 0 Å². The topological polar surface area (TPSA) is 46.2 Å². The SMILES string of the molecule is Cc1cc(C)c2c(c1)C(=CC(=O)c1ccccc1)C(=O)N2. The summed E-state index contributed by atoms with van der Waals surface area (Å²) in [5.74, 6) is -0.379. The molecule has 2 aromatic carbocycles. The number of anilines is 1. The van der Waals surface area contributed by atoms with E-state index >= 15 is 0 Å². The fraction of sp³-hybridized carbons (Fsp3) is 0.111. The van der Waals surface area contributed by atoms with Gasteiger partial charge in [0.15, 0.2) is 5.78 Å². The molecule has 1 aliphatic heterocycles. The smallest absolute Gasteiger partial charge is 0.256 e. The van der Waals surface area contributed by atoms with E-state index in [9.17, 15) is 9.59 Å². The van der Waals surface area contributed by atoms with Crippen molar-refractivity contribution in [2.75, 3.05) is 5.32 Å². The standard InChI is InChI=1S/C18H15NO2/c1-11-8-12(2)17-14(9-11)15(18(21)19-17)10-16(20)13-6-4-3-5-7-13/h3-10H,1-2H3,(H,19,21). The van der Waals surface area contributed by atoms with Crippen LogP contribution in [-0.4, -0.2) is 11.7 Å². The van der Waals surface area contributed by atoms with Gasteiger partial charge in [0, 0.05) is 11.1 Å². The summed E-state index contributed by atoms with van der Waals surface area (Å²) < 4.78 is 0. The van der Waals surface area contributed by atoms with Gasteiger partial charge in [-0.3, -0.25) is 9.59 Å². The van der Waals surface area contributed by atoms with Gasteiger partial charge in [-0.05, 0) is 31.6 Å². The van der Waals surface area contributed by atoms with E-state index in [2.05, 4.69) is 5.32 Å². The second kappa shape index (κ2) is 5.02. The largest absolute Gasteiger partial charge is 0.321 e. The van der Waals surface area contributed by atoms with Crippen LogP contribution in [0.15, 0.2) is 48.5 Å². The molecule has 0 atom stereocenters. The molecule has 2 aromatic rings. The Morgan fingerprint density at radius 3 is 2.52 bits per heavy atom. The number of ketones is 1. The molecule has 0 radical (unpaired) electrons. The Labute approximate surface area is 123 Å². The predicted molar refractivity (Wildman–Crippen MR) is 83.3 cm³/mol. The summed E-state index contributed by atoms with van der Waals surface area (Å²) in [4.78, 5) is 24.4. The highest BCUT2D eigenvalue weighted by Gasteiger charge is 2.26. The van der Waals surface area contributed by atoms with Crippen molar-refractivity contribution < 1.29 is 9.59 Å². The quantitative estimate of drug-likeness (QED) is 0.674. The summed E-state index contributed by atoms with van der Waals surface area (Å²) in [7, 11) is 0. The summed E-state index contributed by atoms with van der Waals surface area (Å²) in [6.45, 7) is 3.93. The highest BCUT2D eigenvalue weighted by Crippen LogP contribution is 2.35. The number of benzene rings is 2. The number of hydrogen-bond donors (Lipinski definition) is 1. The second-order valence-electron chi connectivity index (χ2n) is 5.25. The zero-order valence-corrected chi connectivity index (χ0v) is 11.9. The lowest BCUT2D eigenvalue weighted by Crippen LogP contribution is -2.06. The number of carbonyl (C=O) groups is 2. The van der Waals surface area contributed by atoms with Gasteiger partial charge in [0.05, 0.1) is 11.3 Å². The maximum Gasteiger partial charge on any atom is 0.256 e. The van der Waals surface area contributed by atoms with E-state index in [0.717, 1.165) is 22.4 Å². The van der Waals surface area contributed by atoms with Crippen LogP contribution < -0.4 is 5.32 Å². The molecule has 0 aromatic heterocycles. The van der Waals surface area contributed by atoms with Gasteiger partial charge in [0.25, 0.3) is 5.91 Å². The summed E-state index contributed by atoms with van der Waals surface area (Å²) in [5, 5.41) is 2.84. The number of hydrogen-bond acceptors (Lipinski definition) is 2. The molecule has 0 spiro atoms. The van der Waals surface area contributed by atoms with Crippen LogP contribution in [0, 0.1) is 13.8 Å². The average Bonchev–Trinajstić information content (AvgIpc) is 2.77. The van der Waals surface area contributed by atoms with Gasteiger partial charge in [0.1, 0.15) is 0 Å². The first kappa shape index (κ1) is 13.3. The second-order valence-corrected chi connectivity index (χ2v) is 5.25. The molecule has 0 unspecified atom stereocenters. The molecule has 1 N–H and O–H groups in total. The molecule has 0 bridgehead atoms. The number of nitrogens with one attached hydrogen (secondary N) is 1. The molecule has 3 nitrogen and oxygen atoms in total. The minimum atomic E-state index is -0.219. The van der Waals surface area contributed by atoms with E-state index in [0.29, 0.717) is 11.1 Å². The molecule has 0 fully saturated rings. The van der Waals surface area contributed by atoms with Gasteiger partial charge in [-0.15, -0.1) is 0 Å². The Morgan fingerprint density at radius 1 is 1.10 bits per heavy atom. The highest BCUT2D eigenvalue weighted by atomic mass is 16.2. The summed E-state index contributed by atoms with van der Waals surface area (Å²) in [5.41, 5.74) is 4.70. The number of carbonyl (C=O) groups excluding carboxylic acids is 2. The van der Waals surface area contributed by atoms with Gasteiger partial charge in [-0.25, -0.2) is 0 Å². The third-order valence-electron chi connectivity index (χ3n) is 3.59. The van der Waals surface area contributed by atoms with Crippen molar-refractivity contribution >= 4 is 23.0 Å². The fourth-order valence-corrected chi connectivity index (χ4v) is 2.61. The Bertz CT molecular complexity index is 773. The Hall–Kier alpha value is -2.68. The van der Waals surface area contributed by atoms with Crippen LogP contribution in [0.4, 0.5) is 5.69 Å². The summed E-state index contributed by atoms with van der Waals surface area (Å²) in [6.07, 6.45) is 1.43. The van der Waals surface area contributed by atoms with Crippen molar-refractivity contribution in [3.05, 3.63) is 70.8 Å². The first-order valence-electron chi connectivity index (χ1n) is 6.80. The zero-order valence-electron chi connectivity index (χ0n) is 11.9. The van der Waals surface area contributed by atoms with Gasteiger partial charge in [-0.2, -0.15) is 0 Å². The molecule has 1 heterocycles. The lowest BCUT2D eigenvalue weighted by atomic mass is 9.99. The number of fused-ring (bicyclic) bond motifs is 1. The van der Waals surface area contributed by atoms with Crippen LogP contribution in [0.5, 0.6) is 0 Å². The first-order valence-corrected chi connectivity index (χ1v) is 6.80. The molecular formula is C18H15NO2. The lowest BCUT2D eigenvalue weighted by molar-refractivity contribution is -0.110. The van der Waals surface area contributed by atoms with E-state index in [1.54, 1.807) is 12.1 Å². The molecule has 1 aliphatic rings. The molecular weight excluding hydrogens is 262 g/mol. The Balaban J connectivity index is 2.07. The summed E-state index contributed by atoms with van der Waals surface area (Å²) >= 11 is 0. The van der Waals surface area contributed by atoms with Crippen molar-refractivity contribution in [2.45, 2.75) is 13.8 Å². The van der Waals surface area contributed by atoms with Gasteiger partial charge in [0.2, 0.25) is 0 Å². The zero-order chi connectivity index (χ0) is 15.0. The predicted octanol–water partition coefficient (Wildman–Crippen LogP) is 3.52. The number of aryl methyl sites for hydroxylation is 2. The fourth-order valence-electron chi connectivity index (χ4n) is 2.61. The van der Waals surface area contributed by atoms with Crippen LogP contribution in [0.25, 0.3) is 5.57 Å². The molecule has 21 heavy (non-hydrogen) atoms. The molecule has 104 valence electrons. The minimum Gasteiger partial charge on any atom is -0.321 e. The van der Waals surface area contributed by atoms with E-state index in [1.165, 1.54) is 6.08 Å². The van der Waals surface area contributed by atoms with E-state index in [-0.39, 0.29) is 11.7 Å². The number of allylic oxidation sites excluding steroid dienone is 1.